The molecule has 4 heterocycles. The molecule has 0 aliphatic carbocycles. The highest BCUT2D eigenvalue weighted by atomic mass is 16.5. The van der Waals surface area contributed by atoms with Crippen molar-refractivity contribution in [3.63, 3.8) is 0 Å². The Morgan fingerprint density at radius 1 is 1.28 bits per heavy atom. The number of aromatic nitrogens is 3. The second kappa shape index (κ2) is 7.06. The van der Waals surface area contributed by atoms with Gasteiger partial charge in [-0.05, 0) is 38.3 Å². The number of anilines is 1. The second-order valence-corrected chi connectivity index (χ2v) is 6.93. The molecule has 0 saturated carbocycles. The van der Waals surface area contributed by atoms with Crippen LogP contribution in [0.25, 0.3) is 11.4 Å². The molecule has 1 N–H and O–H groups in total. The van der Waals surface area contributed by atoms with Crippen molar-refractivity contribution in [1.29, 1.82) is 0 Å². The van der Waals surface area contributed by atoms with E-state index in [0.717, 1.165) is 42.9 Å². The summed E-state index contributed by atoms with van der Waals surface area (Å²) < 4.78 is 5.64. The molecule has 4 rings (SSSR count). The molecule has 0 radical (unpaired) electrons. The van der Waals surface area contributed by atoms with Gasteiger partial charge in [0.05, 0.1) is 12.7 Å². The Kier molecular flexibility index (Phi) is 4.63. The first-order valence-electron chi connectivity index (χ1n) is 9.01. The lowest BCUT2D eigenvalue weighted by Crippen LogP contribution is -2.46. The number of aryl methyl sites for hydroxylation is 1. The summed E-state index contributed by atoms with van der Waals surface area (Å²) in [4.78, 5) is 15.9. The van der Waals surface area contributed by atoms with Crippen molar-refractivity contribution in [3.8, 4) is 11.4 Å². The molecule has 132 valence electrons. The number of rotatable bonds is 3. The van der Waals surface area contributed by atoms with Gasteiger partial charge in [-0.15, -0.1) is 0 Å². The zero-order chi connectivity index (χ0) is 17.2. The van der Waals surface area contributed by atoms with Crippen LogP contribution < -0.4 is 4.90 Å². The predicted molar refractivity (Wildman–Crippen MR) is 95.3 cm³/mol. The number of nitrogens with zero attached hydrogens (tertiary/aromatic N) is 4. The van der Waals surface area contributed by atoms with E-state index in [4.69, 9.17) is 9.72 Å². The zero-order valence-electron chi connectivity index (χ0n) is 14.5. The van der Waals surface area contributed by atoms with E-state index in [-0.39, 0.29) is 18.1 Å². The first-order valence-corrected chi connectivity index (χ1v) is 9.01. The number of hydrogen-bond acceptors (Lipinski definition) is 6. The summed E-state index contributed by atoms with van der Waals surface area (Å²) in [5, 5.41) is 10.4. The average molecular weight is 340 g/mol. The standard InChI is InChI=1S/C19H24N4O2/c1-13-10-18(22-19(21-13)14-4-2-7-20-11-14)23-8-3-5-16(23)15-12-25-9-6-17(15)24/h2,4,7,10-11,15-17,24H,3,5-6,8-9,12H2,1H3/t15-,16+,17-/m0/s1. The van der Waals surface area contributed by atoms with E-state index >= 15 is 0 Å². The van der Waals surface area contributed by atoms with Crippen LogP contribution in [0.5, 0.6) is 0 Å². The lowest BCUT2D eigenvalue weighted by molar-refractivity contribution is -0.0438. The highest BCUT2D eigenvalue weighted by Gasteiger charge is 2.38. The Labute approximate surface area is 147 Å². The van der Waals surface area contributed by atoms with Crippen molar-refractivity contribution in [2.75, 3.05) is 24.7 Å². The van der Waals surface area contributed by atoms with Crippen molar-refractivity contribution >= 4 is 5.82 Å². The van der Waals surface area contributed by atoms with Gasteiger partial charge >= 0.3 is 0 Å². The minimum atomic E-state index is -0.292. The Balaban J connectivity index is 1.65. The number of hydrogen-bond donors (Lipinski definition) is 1. The molecule has 2 aliphatic heterocycles. The summed E-state index contributed by atoms with van der Waals surface area (Å²) in [5.74, 6) is 1.79. The van der Waals surface area contributed by atoms with Gasteiger partial charge in [0.15, 0.2) is 5.82 Å². The van der Waals surface area contributed by atoms with Crippen molar-refractivity contribution in [2.45, 2.75) is 38.3 Å². The highest BCUT2D eigenvalue weighted by Crippen LogP contribution is 2.33. The predicted octanol–water partition coefficient (Wildman–Crippen LogP) is 2.21. The Morgan fingerprint density at radius 2 is 2.20 bits per heavy atom. The maximum Gasteiger partial charge on any atom is 0.163 e. The van der Waals surface area contributed by atoms with E-state index in [9.17, 15) is 5.11 Å². The number of pyridine rings is 1. The van der Waals surface area contributed by atoms with Crippen LogP contribution in [0.4, 0.5) is 5.82 Å². The summed E-state index contributed by atoms with van der Waals surface area (Å²) in [6, 6.07) is 6.18. The highest BCUT2D eigenvalue weighted by molar-refractivity contribution is 5.57. The van der Waals surface area contributed by atoms with Crippen LogP contribution in [0.15, 0.2) is 30.6 Å². The lowest BCUT2D eigenvalue weighted by Gasteiger charge is -2.37. The molecule has 2 aliphatic rings. The number of ether oxygens (including phenoxy) is 1. The van der Waals surface area contributed by atoms with E-state index in [1.54, 1.807) is 12.4 Å². The molecule has 2 aromatic rings. The second-order valence-electron chi connectivity index (χ2n) is 6.93. The molecule has 2 saturated heterocycles. The molecular weight excluding hydrogens is 316 g/mol. The van der Waals surface area contributed by atoms with Crippen molar-refractivity contribution in [3.05, 3.63) is 36.3 Å². The zero-order valence-corrected chi connectivity index (χ0v) is 14.5. The van der Waals surface area contributed by atoms with Crippen LogP contribution in [0.2, 0.25) is 0 Å². The molecule has 0 bridgehead atoms. The van der Waals surface area contributed by atoms with E-state index in [1.165, 1.54) is 0 Å². The molecule has 0 spiro atoms. The van der Waals surface area contributed by atoms with Crippen LogP contribution in [0.3, 0.4) is 0 Å². The largest absolute Gasteiger partial charge is 0.393 e. The molecule has 3 atom stereocenters. The lowest BCUT2D eigenvalue weighted by atomic mass is 9.89. The quantitative estimate of drug-likeness (QED) is 0.924. The molecular formula is C19H24N4O2. The minimum Gasteiger partial charge on any atom is -0.393 e. The van der Waals surface area contributed by atoms with Crippen LogP contribution >= 0.6 is 0 Å². The van der Waals surface area contributed by atoms with Crippen LogP contribution in [-0.4, -0.2) is 52.0 Å². The van der Waals surface area contributed by atoms with E-state index in [0.29, 0.717) is 19.0 Å². The molecule has 0 amide bonds. The van der Waals surface area contributed by atoms with Gasteiger partial charge in [-0.1, -0.05) is 0 Å². The van der Waals surface area contributed by atoms with Gasteiger partial charge in [0, 0.05) is 54.8 Å². The molecule has 0 aromatic carbocycles. The Morgan fingerprint density at radius 3 is 3.00 bits per heavy atom. The fraction of sp³-hybridized carbons (Fsp3) is 0.526. The molecule has 25 heavy (non-hydrogen) atoms. The topological polar surface area (TPSA) is 71.4 Å². The Hall–Kier alpha value is -2.05. The molecule has 2 aromatic heterocycles. The first-order chi connectivity index (χ1) is 12.2. The van der Waals surface area contributed by atoms with Crippen LogP contribution in [-0.2, 0) is 4.74 Å². The maximum absolute atomic E-state index is 10.4. The van der Waals surface area contributed by atoms with E-state index in [1.807, 2.05) is 25.1 Å². The number of aliphatic hydroxyl groups excluding tert-OH is 1. The van der Waals surface area contributed by atoms with Gasteiger partial charge in [-0.25, -0.2) is 9.97 Å². The fourth-order valence-corrected chi connectivity index (χ4v) is 3.96. The van der Waals surface area contributed by atoms with Gasteiger partial charge < -0.3 is 14.7 Å². The van der Waals surface area contributed by atoms with E-state index < -0.39 is 0 Å². The average Bonchev–Trinajstić information content (AvgIpc) is 3.12. The number of aliphatic hydroxyl groups is 1. The summed E-state index contributed by atoms with van der Waals surface area (Å²) in [6.45, 7) is 4.23. The van der Waals surface area contributed by atoms with Gasteiger partial charge in [-0.3, -0.25) is 4.98 Å². The molecule has 6 heteroatoms. The first kappa shape index (κ1) is 16.4. The molecule has 6 nitrogen and oxygen atoms in total. The maximum atomic E-state index is 10.4. The third kappa shape index (κ3) is 3.37. The van der Waals surface area contributed by atoms with Gasteiger partial charge in [0.2, 0.25) is 0 Å². The Bertz CT molecular complexity index is 725. The van der Waals surface area contributed by atoms with E-state index in [2.05, 4.69) is 14.9 Å². The monoisotopic (exact) mass is 340 g/mol. The van der Waals surface area contributed by atoms with Crippen LogP contribution in [0, 0.1) is 12.8 Å². The third-order valence-electron chi connectivity index (χ3n) is 5.21. The molecule has 0 unspecified atom stereocenters. The van der Waals surface area contributed by atoms with Gasteiger partial charge in [-0.2, -0.15) is 0 Å². The fourth-order valence-electron chi connectivity index (χ4n) is 3.96. The van der Waals surface area contributed by atoms with Crippen LogP contribution in [0.1, 0.15) is 25.0 Å². The summed E-state index contributed by atoms with van der Waals surface area (Å²) in [5.41, 5.74) is 1.86. The minimum absolute atomic E-state index is 0.147. The smallest absolute Gasteiger partial charge is 0.163 e. The summed E-state index contributed by atoms with van der Waals surface area (Å²) >= 11 is 0. The van der Waals surface area contributed by atoms with Crippen molar-refractivity contribution < 1.29 is 9.84 Å². The summed E-state index contributed by atoms with van der Waals surface area (Å²) in [7, 11) is 0. The van der Waals surface area contributed by atoms with Crippen molar-refractivity contribution in [1.82, 2.24) is 15.0 Å². The van der Waals surface area contributed by atoms with Gasteiger partial charge in [0.1, 0.15) is 5.82 Å². The summed E-state index contributed by atoms with van der Waals surface area (Å²) in [6.07, 6.45) is 6.15. The molecule has 2 fully saturated rings. The van der Waals surface area contributed by atoms with Gasteiger partial charge in [0.25, 0.3) is 0 Å². The van der Waals surface area contributed by atoms with Crippen molar-refractivity contribution in [2.24, 2.45) is 5.92 Å². The normalized spacial score (nSPS) is 26.8. The SMILES string of the molecule is Cc1cc(N2CCC[C@@H]2[C@@H]2COCC[C@@H]2O)nc(-c2cccnc2)n1. The third-order valence-corrected chi connectivity index (χ3v) is 5.21.